The highest BCUT2D eigenvalue weighted by Crippen LogP contribution is 2.32. The number of piperidine rings is 1. The molecule has 0 atom stereocenters. The number of halogens is 1. The Bertz CT molecular complexity index is 784. The first-order chi connectivity index (χ1) is 15.3. The summed E-state index contributed by atoms with van der Waals surface area (Å²) in [6.45, 7) is 9.17. The van der Waals surface area contributed by atoms with Gasteiger partial charge in [-0.1, -0.05) is 18.2 Å². The average Bonchev–Trinajstić information content (AvgIpc) is 3.59. The van der Waals surface area contributed by atoms with Crippen LogP contribution in [0.3, 0.4) is 0 Å². The van der Waals surface area contributed by atoms with Gasteiger partial charge >= 0.3 is 6.09 Å². The van der Waals surface area contributed by atoms with Gasteiger partial charge in [-0.05, 0) is 70.4 Å². The topological polar surface area (TPSA) is 66.4 Å². The molecule has 2 fully saturated rings. The predicted molar refractivity (Wildman–Crippen MR) is 144 cm³/mol. The lowest BCUT2D eigenvalue weighted by Gasteiger charge is -2.40. The largest absolute Gasteiger partial charge is 0.496 e. The first-order valence-electron chi connectivity index (χ1n) is 11.9. The van der Waals surface area contributed by atoms with E-state index in [0.29, 0.717) is 5.92 Å². The zero-order chi connectivity index (χ0) is 23.1. The van der Waals surface area contributed by atoms with Crippen LogP contribution in [0.1, 0.15) is 52.0 Å². The van der Waals surface area contributed by atoms with Gasteiger partial charge in [0.05, 0.1) is 7.11 Å². The lowest BCUT2D eigenvalue weighted by atomic mass is 10.0. The predicted octanol–water partition coefficient (Wildman–Crippen LogP) is 4.54. The standard InChI is InChI=1S/C25H40N4O3.HI/c1-25(2,3)32-24(30)29(18-19-10-11-19)21-13-16-28(17-14-21)23(26-4)27-15-12-20-8-6-7-9-22(20)31-5;/h6-9,19,21H,10-18H2,1-5H3,(H,26,27);1H. The molecule has 33 heavy (non-hydrogen) atoms. The van der Waals surface area contributed by atoms with E-state index < -0.39 is 5.60 Å². The molecule has 1 amide bonds. The second-order valence-electron chi connectivity index (χ2n) is 9.83. The fourth-order valence-electron chi connectivity index (χ4n) is 4.21. The molecule has 2 aliphatic rings. The van der Waals surface area contributed by atoms with Crippen LogP contribution in [0.25, 0.3) is 0 Å². The molecule has 0 aromatic heterocycles. The quantitative estimate of drug-likeness (QED) is 0.295. The number of guanidine groups is 1. The van der Waals surface area contributed by atoms with E-state index in [4.69, 9.17) is 9.47 Å². The second-order valence-corrected chi connectivity index (χ2v) is 9.83. The van der Waals surface area contributed by atoms with Crippen molar-refractivity contribution in [3.05, 3.63) is 29.8 Å². The molecule has 1 aliphatic heterocycles. The van der Waals surface area contributed by atoms with Gasteiger partial charge in [-0.25, -0.2) is 4.79 Å². The van der Waals surface area contributed by atoms with Crippen LogP contribution < -0.4 is 10.1 Å². The van der Waals surface area contributed by atoms with Crippen LogP contribution in [0.2, 0.25) is 0 Å². The summed E-state index contributed by atoms with van der Waals surface area (Å²) in [7, 11) is 3.54. The summed E-state index contributed by atoms with van der Waals surface area (Å²) in [4.78, 5) is 21.7. The molecule has 186 valence electrons. The molecule has 0 unspecified atom stereocenters. The van der Waals surface area contributed by atoms with Crippen LogP contribution in [0, 0.1) is 5.92 Å². The first kappa shape index (κ1) is 27.5. The molecule has 8 heteroatoms. The summed E-state index contributed by atoms with van der Waals surface area (Å²) in [5.41, 5.74) is 0.720. The van der Waals surface area contributed by atoms with Crippen molar-refractivity contribution in [1.29, 1.82) is 0 Å². The molecule has 1 aliphatic carbocycles. The van der Waals surface area contributed by atoms with Crippen molar-refractivity contribution >= 4 is 36.0 Å². The van der Waals surface area contributed by atoms with Crippen molar-refractivity contribution in [3.8, 4) is 5.75 Å². The maximum atomic E-state index is 12.9. The number of methoxy groups -OCH3 is 1. The highest BCUT2D eigenvalue weighted by Gasteiger charge is 2.35. The molecular formula is C25H41IN4O3. The van der Waals surface area contributed by atoms with E-state index in [-0.39, 0.29) is 36.1 Å². The van der Waals surface area contributed by atoms with E-state index in [2.05, 4.69) is 21.3 Å². The number of rotatable bonds is 7. The van der Waals surface area contributed by atoms with Gasteiger partial charge in [0.2, 0.25) is 0 Å². The number of nitrogens with one attached hydrogen (secondary N) is 1. The Morgan fingerprint density at radius 1 is 1.18 bits per heavy atom. The van der Waals surface area contributed by atoms with Crippen LogP contribution in [0.5, 0.6) is 5.75 Å². The maximum Gasteiger partial charge on any atom is 0.410 e. The molecule has 7 nitrogen and oxygen atoms in total. The number of amides is 1. The van der Waals surface area contributed by atoms with Crippen molar-refractivity contribution in [3.63, 3.8) is 0 Å². The van der Waals surface area contributed by atoms with Crippen molar-refractivity contribution in [1.82, 2.24) is 15.1 Å². The van der Waals surface area contributed by atoms with Crippen LogP contribution in [-0.2, 0) is 11.2 Å². The smallest absolute Gasteiger partial charge is 0.410 e. The second kappa shape index (κ2) is 12.7. The van der Waals surface area contributed by atoms with Crippen molar-refractivity contribution in [2.24, 2.45) is 10.9 Å². The van der Waals surface area contributed by atoms with Crippen LogP contribution in [-0.4, -0.2) is 73.8 Å². The number of benzene rings is 1. The third-order valence-electron chi connectivity index (χ3n) is 6.07. The summed E-state index contributed by atoms with van der Waals surface area (Å²) >= 11 is 0. The third-order valence-corrected chi connectivity index (χ3v) is 6.07. The number of likely N-dealkylation sites (tertiary alicyclic amines) is 1. The van der Waals surface area contributed by atoms with Gasteiger partial charge in [0, 0.05) is 39.3 Å². The Hall–Kier alpha value is -1.71. The van der Waals surface area contributed by atoms with E-state index in [1.807, 2.05) is 50.9 Å². The summed E-state index contributed by atoms with van der Waals surface area (Å²) in [5, 5.41) is 3.49. The van der Waals surface area contributed by atoms with Crippen LogP contribution >= 0.6 is 24.0 Å². The molecule has 1 aromatic carbocycles. The summed E-state index contributed by atoms with van der Waals surface area (Å²) in [6.07, 6.45) is 5.01. The van der Waals surface area contributed by atoms with Gasteiger partial charge in [0.1, 0.15) is 11.4 Å². The Kier molecular flexibility index (Phi) is 10.6. The molecular weight excluding hydrogens is 531 g/mol. The van der Waals surface area contributed by atoms with Gasteiger partial charge in [-0.2, -0.15) is 0 Å². The normalized spacial score (nSPS) is 17.2. The lowest BCUT2D eigenvalue weighted by molar-refractivity contribution is 0.00928. The summed E-state index contributed by atoms with van der Waals surface area (Å²) in [5.74, 6) is 2.48. The molecule has 1 saturated carbocycles. The van der Waals surface area contributed by atoms with Crippen LogP contribution in [0.15, 0.2) is 29.3 Å². The van der Waals surface area contributed by atoms with E-state index in [1.165, 1.54) is 18.4 Å². The number of ether oxygens (including phenoxy) is 2. The van der Waals surface area contributed by atoms with Gasteiger partial charge in [-0.3, -0.25) is 4.99 Å². The van der Waals surface area contributed by atoms with Gasteiger partial charge in [0.25, 0.3) is 0 Å². The molecule has 0 radical (unpaired) electrons. The zero-order valence-corrected chi connectivity index (χ0v) is 23.1. The van der Waals surface area contributed by atoms with Crippen LogP contribution in [0.4, 0.5) is 4.79 Å². The summed E-state index contributed by atoms with van der Waals surface area (Å²) in [6, 6.07) is 8.35. The number of hydrogen-bond acceptors (Lipinski definition) is 4. The monoisotopic (exact) mass is 572 g/mol. The summed E-state index contributed by atoms with van der Waals surface area (Å²) < 4.78 is 11.2. The lowest BCUT2D eigenvalue weighted by Crippen LogP contribution is -2.52. The van der Waals surface area contributed by atoms with Crippen molar-refractivity contribution in [2.75, 3.05) is 40.3 Å². The number of nitrogens with zero attached hydrogens (tertiary/aromatic N) is 3. The Balaban J connectivity index is 0.00000385. The fourth-order valence-corrected chi connectivity index (χ4v) is 4.21. The Labute approximate surface area is 216 Å². The van der Waals surface area contributed by atoms with Gasteiger partial charge in [0.15, 0.2) is 5.96 Å². The molecule has 3 rings (SSSR count). The van der Waals surface area contributed by atoms with Gasteiger partial charge < -0.3 is 24.6 Å². The Morgan fingerprint density at radius 3 is 2.42 bits per heavy atom. The van der Waals surface area contributed by atoms with E-state index in [1.54, 1.807) is 7.11 Å². The molecule has 1 aromatic rings. The maximum absolute atomic E-state index is 12.9. The van der Waals surface area contributed by atoms with Crippen molar-refractivity contribution < 1.29 is 14.3 Å². The molecule has 1 heterocycles. The molecule has 0 bridgehead atoms. The van der Waals surface area contributed by atoms with E-state index >= 15 is 0 Å². The minimum atomic E-state index is -0.465. The highest BCUT2D eigenvalue weighted by atomic mass is 127. The number of carbonyl (C=O) groups excluding carboxylic acids is 1. The van der Waals surface area contributed by atoms with Crippen molar-refractivity contribution in [2.45, 2.75) is 64.5 Å². The number of para-hydroxylation sites is 1. The first-order valence-corrected chi connectivity index (χ1v) is 11.9. The SMILES string of the molecule is CN=C(NCCc1ccccc1OC)N1CCC(N(CC2CC2)C(=O)OC(C)(C)C)CC1.I. The number of carbonyl (C=O) groups is 1. The van der Waals surface area contributed by atoms with E-state index in [9.17, 15) is 4.79 Å². The third kappa shape index (κ3) is 8.54. The number of aliphatic imine (C=N–C) groups is 1. The minimum Gasteiger partial charge on any atom is -0.496 e. The van der Waals surface area contributed by atoms with Gasteiger partial charge in [-0.15, -0.1) is 24.0 Å². The highest BCUT2D eigenvalue weighted by molar-refractivity contribution is 14.0. The molecule has 0 spiro atoms. The average molecular weight is 573 g/mol. The van der Waals surface area contributed by atoms with E-state index in [0.717, 1.165) is 57.2 Å². The number of hydrogen-bond donors (Lipinski definition) is 1. The minimum absolute atomic E-state index is 0. The Morgan fingerprint density at radius 2 is 1.85 bits per heavy atom. The molecule has 1 N–H and O–H groups in total. The molecule has 1 saturated heterocycles. The fraction of sp³-hybridized carbons (Fsp3) is 0.680. The zero-order valence-electron chi connectivity index (χ0n) is 20.8.